The van der Waals surface area contributed by atoms with Crippen molar-refractivity contribution in [3.8, 4) is 22.6 Å². The zero-order valence-electron chi connectivity index (χ0n) is 26.3. The minimum Gasteiger partial charge on any atom is -0.510 e. The molecule has 0 heterocycles. The first-order valence-electron chi connectivity index (χ1n) is 14.6. The fourth-order valence-electron chi connectivity index (χ4n) is 7.29. The Kier molecular flexibility index (Phi) is 7.93. The summed E-state index contributed by atoms with van der Waals surface area (Å²) >= 11 is 0. The van der Waals surface area contributed by atoms with Gasteiger partial charge in [0.05, 0.1) is 18.7 Å². The van der Waals surface area contributed by atoms with Crippen LogP contribution in [-0.2, 0) is 22.6 Å². The highest BCUT2D eigenvalue weighted by Crippen LogP contribution is 2.54. The van der Waals surface area contributed by atoms with Crippen molar-refractivity contribution >= 4 is 23.0 Å². The first kappa shape index (κ1) is 32.0. The fraction of sp³-hybridized carbons (Fsp3) is 0.382. The summed E-state index contributed by atoms with van der Waals surface area (Å²) < 4.78 is 5.60. The smallest absolute Gasteiger partial charge is 0.255 e. The molecule has 4 atom stereocenters. The van der Waals surface area contributed by atoms with Crippen LogP contribution in [0.25, 0.3) is 16.7 Å². The molecule has 45 heavy (non-hydrogen) atoms. The highest BCUT2D eigenvalue weighted by Gasteiger charge is 2.63. The number of aliphatic hydroxyl groups excluding tert-OH is 2. The number of benzene rings is 2. The predicted molar refractivity (Wildman–Crippen MR) is 168 cm³/mol. The van der Waals surface area contributed by atoms with Crippen molar-refractivity contribution in [2.45, 2.75) is 38.0 Å². The topological polar surface area (TPSA) is 174 Å². The molecule has 0 fully saturated rings. The van der Waals surface area contributed by atoms with Crippen LogP contribution in [0.3, 0.4) is 0 Å². The molecule has 5 rings (SSSR count). The molecule has 238 valence electrons. The van der Waals surface area contributed by atoms with Crippen molar-refractivity contribution in [3.05, 3.63) is 75.8 Å². The molecule has 0 aromatic heterocycles. The maximum absolute atomic E-state index is 14.4. The Morgan fingerprint density at radius 1 is 1.11 bits per heavy atom. The van der Waals surface area contributed by atoms with Gasteiger partial charge in [0.15, 0.2) is 11.4 Å². The minimum absolute atomic E-state index is 0.00179. The van der Waals surface area contributed by atoms with Crippen LogP contribution in [0.1, 0.15) is 40.4 Å². The largest absolute Gasteiger partial charge is 0.510 e. The molecular formula is C34H39N3O8. The number of aromatic hydroxyl groups is 1. The summed E-state index contributed by atoms with van der Waals surface area (Å²) in [6.07, 6.45) is 0.159. The van der Waals surface area contributed by atoms with Gasteiger partial charge in [0.2, 0.25) is 5.78 Å². The quantitative estimate of drug-likeness (QED) is 0.291. The lowest BCUT2D eigenvalue weighted by Gasteiger charge is -2.50. The van der Waals surface area contributed by atoms with Gasteiger partial charge in [0.1, 0.15) is 28.6 Å². The Morgan fingerprint density at radius 2 is 1.78 bits per heavy atom. The molecule has 11 nitrogen and oxygen atoms in total. The molecule has 6 N–H and O–H groups in total. The summed E-state index contributed by atoms with van der Waals surface area (Å²) in [5.74, 6) is -6.34. The van der Waals surface area contributed by atoms with Crippen molar-refractivity contribution in [2.24, 2.45) is 17.6 Å². The molecular weight excluding hydrogens is 578 g/mol. The number of ketones is 2. The van der Waals surface area contributed by atoms with Crippen LogP contribution < -0.4 is 10.5 Å². The number of allylic oxidation sites excluding steroid dienone is 2. The minimum atomic E-state index is -2.71. The lowest BCUT2D eigenvalue weighted by atomic mass is 9.58. The second-order valence-corrected chi connectivity index (χ2v) is 12.7. The third kappa shape index (κ3) is 4.82. The van der Waals surface area contributed by atoms with Gasteiger partial charge in [0.25, 0.3) is 5.91 Å². The summed E-state index contributed by atoms with van der Waals surface area (Å²) in [5, 5.41) is 46.0. The monoisotopic (exact) mass is 617 g/mol. The van der Waals surface area contributed by atoms with Crippen molar-refractivity contribution < 1.29 is 39.5 Å². The summed E-state index contributed by atoms with van der Waals surface area (Å²) in [7, 11) is 8.64. The van der Waals surface area contributed by atoms with Gasteiger partial charge in [-0.1, -0.05) is 6.58 Å². The molecule has 11 heteroatoms. The number of aliphatic hydroxyl groups is 3. The van der Waals surface area contributed by atoms with Gasteiger partial charge in [0, 0.05) is 23.6 Å². The Morgan fingerprint density at radius 3 is 2.33 bits per heavy atom. The maximum Gasteiger partial charge on any atom is 0.255 e. The number of primary amides is 1. The lowest BCUT2D eigenvalue weighted by molar-refractivity contribution is -0.148. The number of rotatable bonds is 7. The SMILES string of the molecule is C=C(C)c1cc(-c2cc(CN(C)C)cc(OC)c2)c2c(c1O)C(=O)C1=C(O)[C@]3(O)C(=O)C(C(N)=O)=C(O)[C@@H](N(C)C)[C@@H]3C[C@@H]1C2. The molecule has 0 saturated carbocycles. The average Bonchev–Trinajstić information content (AvgIpc) is 2.94. The number of methoxy groups -OCH3 is 1. The van der Waals surface area contributed by atoms with E-state index in [1.54, 1.807) is 34.2 Å². The molecule has 0 aliphatic heterocycles. The molecule has 0 radical (unpaired) electrons. The summed E-state index contributed by atoms with van der Waals surface area (Å²) in [5.41, 5.74) is 5.31. The number of Topliss-reactive ketones (excluding diaryl/α,β-unsaturated/α-hetero) is 2. The number of fused-ring (bicyclic) bond motifs is 3. The highest BCUT2D eigenvalue weighted by molar-refractivity contribution is 6.25. The van der Waals surface area contributed by atoms with E-state index in [0.29, 0.717) is 34.6 Å². The van der Waals surface area contributed by atoms with Crippen molar-refractivity contribution in [3.63, 3.8) is 0 Å². The molecule has 0 unspecified atom stereocenters. The van der Waals surface area contributed by atoms with Crippen molar-refractivity contribution in [1.29, 1.82) is 0 Å². The van der Waals surface area contributed by atoms with Gasteiger partial charge in [-0.05, 0) is 106 Å². The van der Waals surface area contributed by atoms with Crippen LogP contribution >= 0.6 is 0 Å². The molecule has 3 aliphatic carbocycles. The summed E-state index contributed by atoms with van der Waals surface area (Å²) in [4.78, 5) is 43.8. The average molecular weight is 618 g/mol. The number of hydrogen-bond donors (Lipinski definition) is 5. The highest BCUT2D eigenvalue weighted by atomic mass is 16.5. The van der Waals surface area contributed by atoms with E-state index in [4.69, 9.17) is 10.5 Å². The number of carbonyl (C=O) groups excluding carboxylic acids is 3. The van der Waals surface area contributed by atoms with Gasteiger partial charge < -0.3 is 35.8 Å². The van der Waals surface area contributed by atoms with E-state index in [1.807, 2.05) is 37.2 Å². The summed E-state index contributed by atoms with van der Waals surface area (Å²) in [6, 6.07) is 6.47. The Balaban J connectivity index is 1.78. The van der Waals surface area contributed by atoms with E-state index in [-0.39, 0.29) is 29.7 Å². The second-order valence-electron chi connectivity index (χ2n) is 12.7. The molecule has 0 bridgehead atoms. The van der Waals surface area contributed by atoms with Crippen LogP contribution in [0.4, 0.5) is 0 Å². The van der Waals surface area contributed by atoms with Crippen LogP contribution in [0.15, 0.2) is 53.5 Å². The van der Waals surface area contributed by atoms with Gasteiger partial charge >= 0.3 is 0 Å². The zero-order valence-corrected chi connectivity index (χ0v) is 26.3. The van der Waals surface area contributed by atoms with Crippen LogP contribution in [0, 0.1) is 11.8 Å². The number of carbonyl (C=O) groups is 3. The summed E-state index contributed by atoms with van der Waals surface area (Å²) in [6.45, 7) is 6.30. The van der Waals surface area contributed by atoms with Gasteiger partial charge in [-0.3, -0.25) is 19.3 Å². The van der Waals surface area contributed by atoms with Crippen LogP contribution in [0.5, 0.6) is 11.5 Å². The van der Waals surface area contributed by atoms with E-state index < -0.39 is 58.0 Å². The number of phenols is 1. The number of ether oxygens (including phenoxy) is 1. The van der Waals surface area contributed by atoms with Crippen LogP contribution in [0.2, 0.25) is 0 Å². The predicted octanol–water partition coefficient (Wildman–Crippen LogP) is 2.89. The van der Waals surface area contributed by atoms with E-state index in [1.165, 1.54) is 4.90 Å². The number of phenolic OH excluding ortho intramolecular Hbond substituents is 1. The molecule has 3 aliphatic rings. The molecule has 0 spiro atoms. The number of nitrogens with two attached hydrogens (primary N) is 1. The Bertz CT molecular complexity index is 1740. The molecule has 1 amide bonds. The Hall–Kier alpha value is -4.45. The maximum atomic E-state index is 14.4. The third-order valence-corrected chi connectivity index (χ3v) is 9.19. The van der Waals surface area contributed by atoms with Gasteiger partial charge in [-0.25, -0.2) is 0 Å². The lowest BCUT2D eigenvalue weighted by Crippen LogP contribution is -2.63. The van der Waals surface area contributed by atoms with Crippen molar-refractivity contribution in [2.75, 3.05) is 35.3 Å². The zero-order chi connectivity index (χ0) is 33.3. The number of hydrogen-bond acceptors (Lipinski definition) is 10. The second kappa shape index (κ2) is 11.2. The molecule has 0 saturated heterocycles. The third-order valence-electron chi connectivity index (χ3n) is 9.19. The van der Waals surface area contributed by atoms with E-state index in [2.05, 4.69) is 6.58 Å². The Labute approximate surface area is 261 Å². The van der Waals surface area contributed by atoms with Gasteiger partial charge in [-0.2, -0.15) is 0 Å². The fourth-order valence-corrected chi connectivity index (χ4v) is 7.29. The van der Waals surface area contributed by atoms with Crippen molar-refractivity contribution in [1.82, 2.24) is 9.80 Å². The normalized spacial score (nSPS) is 24.5. The molecule has 2 aromatic carbocycles. The molecule has 2 aromatic rings. The number of likely N-dealkylation sites (N-methyl/N-ethyl adjacent to an activating group) is 1. The van der Waals surface area contributed by atoms with E-state index in [9.17, 15) is 34.8 Å². The van der Waals surface area contributed by atoms with Gasteiger partial charge in [-0.15, -0.1) is 0 Å². The van der Waals surface area contributed by atoms with Crippen LogP contribution in [-0.4, -0.2) is 94.6 Å². The number of amides is 1. The van der Waals surface area contributed by atoms with E-state index in [0.717, 1.165) is 11.1 Å². The standard InChI is InChI=1S/C34H39N3O8/c1-15(2)20-13-21(17-8-16(14-36(3)4)9-19(10-17)45-7)22-11-18-12-23-27(37(5)6)30(40)26(33(35)43)32(42)34(23,44)31(41)24(18)29(39)25(22)28(20)38/h8-10,13,18,23,27,38,40-41,44H,1,11-12,14H2,2-7H3,(H2,35,43)/t18-,23-,27-,34-/m0/s1. The first-order valence-corrected chi connectivity index (χ1v) is 14.6. The van der Waals surface area contributed by atoms with E-state index >= 15 is 0 Å². The first-order chi connectivity index (χ1) is 21.0. The number of nitrogens with zero attached hydrogens (tertiary/aromatic N) is 2.